The summed E-state index contributed by atoms with van der Waals surface area (Å²) in [5.41, 5.74) is 5.71. The molecule has 0 spiro atoms. The van der Waals surface area contributed by atoms with E-state index in [9.17, 15) is 0 Å². The normalized spacial score (nSPS) is 28.2. The van der Waals surface area contributed by atoms with E-state index in [-0.39, 0.29) is 0 Å². The molecule has 1 aromatic rings. The molecule has 0 aliphatic carbocycles. The monoisotopic (exact) mass is 182 g/mol. The van der Waals surface area contributed by atoms with Gasteiger partial charge in [0.2, 0.25) is 0 Å². The average molecular weight is 182 g/mol. The van der Waals surface area contributed by atoms with Crippen LogP contribution in [0.1, 0.15) is 18.1 Å². The van der Waals surface area contributed by atoms with Crippen molar-refractivity contribution in [2.45, 2.75) is 18.9 Å². The van der Waals surface area contributed by atoms with Gasteiger partial charge in [0.15, 0.2) is 0 Å². The molecular weight excluding hydrogens is 168 g/mol. The lowest BCUT2D eigenvalue weighted by atomic mass is 9.99. The zero-order valence-corrected chi connectivity index (χ0v) is 7.95. The number of nitrogens with zero attached hydrogens (tertiary/aromatic N) is 3. The van der Waals surface area contributed by atoms with E-state index in [1.807, 2.05) is 14.0 Å². The van der Waals surface area contributed by atoms with Crippen molar-refractivity contribution in [3.05, 3.63) is 11.6 Å². The molecule has 2 N–H and O–H groups in total. The second kappa shape index (κ2) is 2.78. The zero-order valence-electron chi connectivity index (χ0n) is 7.95. The molecule has 1 unspecified atom stereocenters. The Morgan fingerprint density at radius 3 is 2.85 bits per heavy atom. The summed E-state index contributed by atoms with van der Waals surface area (Å²) in [6.45, 7) is 3.12. The first kappa shape index (κ1) is 8.65. The first-order valence-corrected chi connectivity index (χ1v) is 4.36. The first-order valence-electron chi connectivity index (χ1n) is 4.36. The number of rotatable bonds is 1. The summed E-state index contributed by atoms with van der Waals surface area (Å²) in [4.78, 5) is 4.31. The van der Waals surface area contributed by atoms with E-state index < -0.39 is 5.54 Å². The molecule has 0 aromatic carbocycles. The van der Waals surface area contributed by atoms with Gasteiger partial charge in [0.1, 0.15) is 17.2 Å². The SMILES string of the molecule is Cc1nc(C2(N)CCOC2)n(C)n1. The fraction of sp³-hybridized carbons (Fsp3) is 0.750. The van der Waals surface area contributed by atoms with Gasteiger partial charge in [0, 0.05) is 13.7 Å². The van der Waals surface area contributed by atoms with Crippen molar-refractivity contribution in [1.29, 1.82) is 0 Å². The summed E-state index contributed by atoms with van der Waals surface area (Å²) in [5, 5.41) is 4.17. The summed E-state index contributed by atoms with van der Waals surface area (Å²) in [5.74, 6) is 1.58. The predicted octanol–water partition coefficient (Wildman–Crippen LogP) is -0.302. The van der Waals surface area contributed by atoms with Gasteiger partial charge >= 0.3 is 0 Å². The van der Waals surface area contributed by atoms with E-state index in [0.717, 1.165) is 18.1 Å². The van der Waals surface area contributed by atoms with Crippen LogP contribution in [0, 0.1) is 6.92 Å². The molecule has 1 saturated heterocycles. The maximum absolute atomic E-state index is 6.15. The Morgan fingerprint density at radius 2 is 2.38 bits per heavy atom. The lowest BCUT2D eigenvalue weighted by Crippen LogP contribution is -2.39. The third kappa shape index (κ3) is 1.34. The molecule has 1 atom stereocenters. The van der Waals surface area contributed by atoms with E-state index in [4.69, 9.17) is 10.5 Å². The molecule has 5 nitrogen and oxygen atoms in total. The van der Waals surface area contributed by atoms with Crippen LogP contribution < -0.4 is 5.73 Å². The van der Waals surface area contributed by atoms with Crippen molar-refractivity contribution < 1.29 is 4.74 Å². The van der Waals surface area contributed by atoms with Crippen molar-refractivity contribution in [1.82, 2.24) is 14.8 Å². The van der Waals surface area contributed by atoms with Gasteiger partial charge in [0.25, 0.3) is 0 Å². The van der Waals surface area contributed by atoms with Crippen LogP contribution in [-0.2, 0) is 17.3 Å². The molecule has 0 amide bonds. The largest absolute Gasteiger partial charge is 0.379 e. The van der Waals surface area contributed by atoms with Gasteiger partial charge in [-0.2, -0.15) is 5.10 Å². The molecule has 0 bridgehead atoms. The Hall–Kier alpha value is -0.940. The second-order valence-corrected chi connectivity index (χ2v) is 3.56. The van der Waals surface area contributed by atoms with E-state index in [1.165, 1.54) is 0 Å². The third-order valence-corrected chi connectivity index (χ3v) is 2.37. The highest BCUT2D eigenvalue weighted by atomic mass is 16.5. The Morgan fingerprint density at radius 1 is 1.62 bits per heavy atom. The fourth-order valence-corrected chi connectivity index (χ4v) is 1.70. The van der Waals surface area contributed by atoms with Gasteiger partial charge in [-0.25, -0.2) is 4.98 Å². The Labute approximate surface area is 76.9 Å². The third-order valence-electron chi connectivity index (χ3n) is 2.37. The molecule has 0 radical (unpaired) electrons. The van der Waals surface area contributed by atoms with E-state index in [2.05, 4.69) is 10.1 Å². The number of hydrogen-bond donors (Lipinski definition) is 1. The fourth-order valence-electron chi connectivity index (χ4n) is 1.70. The molecule has 1 aliphatic rings. The van der Waals surface area contributed by atoms with Gasteiger partial charge in [-0.05, 0) is 13.3 Å². The summed E-state index contributed by atoms with van der Waals surface area (Å²) >= 11 is 0. The van der Waals surface area contributed by atoms with E-state index in [1.54, 1.807) is 4.68 Å². The minimum Gasteiger partial charge on any atom is -0.379 e. The van der Waals surface area contributed by atoms with Crippen LogP contribution in [0.15, 0.2) is 0 Å². The standard InChI is InChI=1S/C8H14N4O/c1-6-10-7(12(2)11-6)8(9)3-4-13-5-8/h3-5,9H2,1-2H3. The highest BCUT2D eigenvalue weighted by Crippen LogP contribution is 2.25. The van der Waals surface area contributed by atoms with Gasteiger partial charge in [-0.1, -0.05) is 0 Å². The van der Waals surface area contributed by atoms with Gasteiger partial charge < -0.3 is 10.5 Å². The Bertz CT molecular complexity index is 314. The van der Waals surface area contributed by atoms with Crippen LogP contribution in [0.2, 0.25) is 0 Å². The van der Waals surface area contributed by atoms with Crippen molar-refractivity contribution in [2.75, 3.05) is 13.2 Å². The molecule has 13 heavy (non-hydrogen) atoms. The molecule has 1 aromatic heterocycles. The predicted molar refractivity (Wildman–Crippen MR) is 47.0 cm³/mol. The van der Waals surface area contributed by atoms with Crippen molar-refractivity contribution in [3.63, 3.8) is 0 Å². The highest BCUT2D eigenvalue weighted by Gasteiger charge is 2.36. The van der Waals surface area contributed by atoms with Crippen LogP contribution in [0.5, 0.6) is 0 Å². The van der Waals surface area contributed by atoms with Crippen LogP contribution in [-0.4, -0.2) is 28.0 Å². The maximum atomic E-state index is 6.15. The van der Waals surface area contributed by atoms with E-state index >= 15 is 0 Å². The van der Waals surface area contributed by atoms with Crippen molar-refractivity contribution >= 4 is 0 Å². The molecule has 2 heterocycles. The summed E-state index contributed by atoms with van der Waals surface area (Å²) < 4.78 is 7.01. The highest BCUT2D eigenvalue weighted by molar-refractivity contribution is 5.08. The molecule has 0 saturated carbocycles. The quantitative estimate of drug-likeness (QED) is 0.647. The number of hydrogen-bond acceptors (Lipinski definition) is 4. The zero-order chi connectivity index (χ0) is 9.47. The summed E-state index contributed by atoms with van der Waals surface area (Å²) in [6.07, 6.45) is 0.818. The van der Waals surface area contributed by atoms with Crippen LogP contribution in [0.4, 0.5) is 0 Å². The Kier molecular flexibility index (Phi) is 1.85. The van der Waals surface area contributed by atoms with Gasteiger partial charge in [0.05, 0.1) is 6.61 Å². The number of nitrogens with two attached hydrogens (primary N) is 1. The average Bonchev–Trinajstić information content (AvgIpc) is 2.59. The lowest BCUT2D eigenvalue weighted by Gasteiger charge is -2.19. The van der Waals surface area contributed by atoms with Gasteiger partial charge in [-0.3, -0.25) is 4.68 Å². The summed E-state index contributed by atoms with van der Waals surface area (Å²) in [6, 6.07) is 0. The van der Waals surface area contributed by atoms with E-state index in [0.29, 0.717) is 13.2 Å². The molecule has 1 aliphatic heterocycles. The van der Waals surface area contributed by atoms with Crippen LogP contribution >= 0.6 is 0 Å². The van der Waals surface area contributed by atoms with Crippen molar-refractivity contribution in [2.24, 2.45) is 12.8 Å². The molecule has 2 rings (SSSR count). The maximum Gasteiger partial charge on any atom is 0.149 e. The smallest absolute Gasteiger partial charge is 0.149 e. The molecule has 5 heteroatoms. The molecule has 72 valence electrons. The second-order valence-electron chi connectivity index (χ2n) is 3.56. The number of ether oxygens (including phenoxy) is 1. The number of aryl methyl sites for hydroxylation is 2. The Balaban J connectivity index is 2.38. The van der Waals surface area contributed by atoms with Crippen LogP contribution in [0.25, 0.3) is 0 Å². The summed E-state index contributed by atoms with van der Waals surface area (Å²) in [7, 11) is 1.86. The van der Waals surface area contributed by atoms with Crippen molar-refractivity contribution in [3.8, 4) is 0 Å². The van der Waals surface area contributed by atoms with Crippen LogP contribution in [0.3, 0.4) is 0 Å². The lowest BCUT2D eigenvalue weighted by molar-refractivity contribution is 0.175. The topological polar surface area (TPSA) is 66.0 Å². The molecule has 1 fully saturated rings. The minimum absolute atomic E-state index is 0.435. The molecular formula is C8H14N4O. The minimum atomic E-state index is -0.435. The first-order chi connectivity index (χ1) is 6.12. The number of aromatic nitrogens is 3. The van der Waals surface area contributed by atoms with Gasteiger partial charge in [-0.15, -0.1) is 0 Å².